The summed E-state index contributed by atoms with van der Waals surface area (Å²) < 4.78 is 11.7. The van der Waals surface area contributed by atoms with E-state index in [4.69, 9.17) is 14.5 Å². The van der Waals surface area contributed by atoms with Crippen molar-refractivity contribution >= 4 is 38.1 Å². The van der Waals surface area contributed by atoms with E-state index < -0.39 is 0 Å². The zero-order valence-electron chi connectivity index (χ0n) is 14.5. The van der Waals surface area contributed by atoms with Crippen molar-refractivity contribution in [3.05, 3.63) is 51.3 Å². The molecule has 4 nitrogen and oxygen atoms in total. The molecule has 0 radical (unpaired) electrons. The number of aromatic nitrogens is 1. The minimum atomic E-state index is 0.717. The lowest BCUT2D eigenvalue weighted by atomic mass is 10.1. The number of benzene rings is 2. The SMILES string of the molecule is COc1cc(Br)c(-c2csc(Nc3cc(C)ccc3C)n2)c(OC)c1. The van der Waals surface area contributed by atoms with Gasteiger partial charge in [-0.25, -0.2) is 4.98 Å². The summed E-state index contributed by atoms with van der Waals surface area (Å²) in [7, 11) is 3.28. The molecule has 0 unspecified atom stereocenters. The monoisotopic (exact) mass is 418 g/mol. The Hall–Kier alpha value is -2.05. The van der Waals surface area contributed by atoms with Crippen LogP contribution in [0.4, 0.5) is 10.8 Å². The second kappa shape index (κ2) is 7.45. The Bertz CT molecular complexity index is 908. The minimum absolute atomic E-state index is 0.717. The molecule has 3 rings (SSSR count). The van der Waals surface area contributed by atoms with Crippen molar-refractivity contribution in [3.63, 3.8) is 0 Å². The van der Waals surface area contributed by atoms with Gasteiger partial charge in [0.2, 0.25) is 0 Å². The molecule has 0 atom stereocenters. The Morgan fingerprint density at radius 3 is 2.60 bits per heavy atom. The van der Waals surface area contributed by atoms with Crippen LogP contribution in [0, 0.1) is 13.8 Å². The van der Waals surface area contributed by atoms with Crippen molar-refractivity contribution in [1.29, 1.82) is 0 Å². The molecule has 130 valence electrons. The molecule has 0 spiro atoms. The van der Waals surface area contributed by atoms with E-state index in [2.05, 4.69) is 53.3 Å². The highest BCUT2D eigenvalue weighted by Gasteiger charge is 2.16. The van der Waals surface area contributed by atoms with Crippen LogP contribution >= 0.6 is 27.3 Å². The van der Waals surface area contributed by atoms with Crippen LogP contribution in [-0.4, -0.2) is 19.2 Å². The van der Waals surface area contributed by atoms with Gasteiger partial charge in [0.15, 0.2) is 5.13 Å². The number of hydrogen-bond donors (Lipinski definition) is 1. The van der Waals surface area contributed by atoms with E-state index in [1.165, 1.54) is 11.1 Å². The van der Waals surface area contributed by atoms with Gasteiger partial charge in [0.25, 0.3) is 0 Å². The third-order valence-corrected chi connectivity index (χ3v) is 5.26. The average molecular weight is 419 g/mol. The molecule has 0 saturated heterocycles. The lowest BCUT2D eigenvalue weighted by Crippen LogP contribution is -1.95. The number of rotatable bonds is 5. The molecule has 25 heavy (non-hydrogen) atoms. The number of halogens is 1. The van der Waals surface area contributed by atoms with E-state index in [1.54, 1.807) is 25.6 Å². The molecule has 2 aromatic carbocycles. The first kappa shape index (κ1) is 17.8. The standard InChI is InChI=1S/C19H19BrN2O2S/c1-11-5-6-12(2)15(7-11)21-19-22-16(10-25-19)18-14(20)8-13(23-3)9-17(18)24-4/h5-10H,1-4H3,(H,21,22). The fraction of sp³-hybridized carbons (Fsp3) is 0.211. The van der Waals surface area contributed by atoms with Gasteiger partial charge in [-0.15, -0.1) is 11.3 Å². The summed E-state index contributed by atoms with van der Waals surface area (Å²) >= 11 is 5.16. The number of thiazole rings is 1. The molecule has 0 amide bonds. The van der Waals surface area contributed by atoms with E-state index in [0.29, 0.717) is 0 Å². The molecule has 1 heterocycles. The van der Waals surface area contributed by atoms with Crippen LogP contribution in [-0.2, 0) is 0 Å². The predicted molar refractivity (Wildman–Crippen MR) is 108 cm³/mol. The van der Waals surface area contributed by atoms with Crippen molar-refractivity contribution in [2.75, 3.05) is 19.5 Å². The number of hydrogen-bond acceptors (Lipinski definition) is 5. The Morgan fingerprint density at radius 1 is 1.08 bits per heavy atom. The molecule has 0 aliphatic heterocycles. The second-order valence-electron chi connectivity index (χ2n) is 5.67. The van der Waals surface area contributed by atoms with Gasteiger partial charge < -0.3 is 14.8 Å². The van der Waals surface area contributed by atoms with Gasteiger partial charge in [0.1, 0.15) is 11.5 Å². The first-order valence-corrected chi connectivity index (χ1v) is 9.40. The Kier molecular flexibility index (Phi) is 5.30. The van der Waals surface area contributed by atoms with Crippen LogP contribution in [0.25, 0.3) is 11.3 Å². The predicted octanol–water partition coefficient (Wildman–Crippen LogP) is 5.95. The number of nitrogens with one attached hydrogen (secondary N) is 1. The van der Waals surface area contributed by atoms with Crippen LogP contribution in [0.1, 0.15) is 11.1 Å². The highest BCUT2D eigenvalue weighted by molar-refractivity contribution is 9.10. The van der Waals surface area contributed by atoms with Gasteiger partial charge >= 0.3 is 0 Å². The van der Waals surface area contributed by atoms with E-state index in [-0.39, 0.29) is 0 Å². The quantitative estimate of drug-likeness (QED) is 0.555. The summed E-state index contributed by atoms with van der Waals surface area (Å²) in [5.41, 5.74) is 5.23. The largest absolute Gasteiger partial charge is 0.497 e. The number of nitrogens with zero attached hydrogens (tertiary/aromatic N) is 1. The van der Waals surface area contributed by atoms with E-state index in [0.717, 1.165) is 38.0 Å². The van der Waals surface area contributed by atoms with Gasteiger partial charge in [-0.05, 0) is 53.0 Å². The maximum Gasteiger partial charge on any atom is 0.187 e. The normalized spacial score (nSPS) is 10.6. The molecule has 0 aliphatic rings. The van der Waals surface area contributed by atoms with Crippen LogP contribution < -0.4 is 14.8 Å². The number of ether oxygens (including phenoxy) is 2. The van der Waals surface area contributed by atoms with Gasteiger partial charge in [-0.1, -0.05) is 12.1 Å². The fourth-order valence-electron chi connectivity index (χ4n) is 2.52. The molecule has 3 aromatic rings. The third-order valence-electron chi connectivity index (χ3n) is 3.88. The second-order valence-corrected chi connectivity index (χ2v) is 7.38. The summed E-state index contributed by atoms with van der Waals surface area (Å²) in [5, 5.41) is 6.27. The molecular weight excluding hydrogens is 400 g/mol. The highest BCUT2D eigenvalue weighted by Crippen LogP contribution is 2.41. The molecule has 0 saturated carbocycles. The average Bonchev–Trinajstić information content (AvgIpc) is 3.05. The summed E-state index contributed by atoms with van der Waals surface area (Å²) in [6.45, 7) is 4.16. The first-order chi connectivity index (χ1) is 12.0. The van der Waals surface area contributed by atoms with Crippen molar-refractivity contribution in [3.8, 4) is 22.8 Å². The van der Waals surface area contributed by atoms with E-state index in [1.807, 2.05) is 17.5 Å². The Morgan fingerprint density at radius 2 is 1.88 bits per heavy atom. The molecule has 1 N–H and O–H groups in total. The summed E-state index contributed by atoms with van der Waals surface area (Å²) in [6, 6.07) is 10.1. The molecule has 0 fully saturated rings. The Balaban J connectivity index is 1.95. The van der Waals surface area contributed by atoms with Gasteiger partial charge in [-0.3, -0.25) is 0 Å². The van der Waals surface area contributed by atoms with Crippen LogP contribution in [0.5, 0.6) is 11.5 Å². The maximum atomic E-state index is 5.52. The summed E-state index contributed by atoms with van der Waals surface area (Å²) in [4.78, 5) is 4.73. The number of aryl methyl sites for hydroxylation is 2. The van der Waals surface area contributed by atoms with Crippen LogP contribution in [0.15, 0.2) is 40.2 Å². The van der Waals surface area contributed by atoms with E-state index in [9.17, 15) is 0 Å². The molecular formula is C19H19BrN2O2S. The number of methoxy groups -OCH3 is 2. The minimum Gasteiger partial charge on any atom is -0.497 e. The summed E-state index contributed by atoms with van der Waals surface area (Å²) in [6.07, 6.45) is 0. The molecule has 0 bridgehead atoms. The van der Waals surface area contributed by atoms with Crippen molar-refractivity contribution in [2.24, 2.45) is 0 Å². The van der Waals surface area contributed by atoms with Crippen molar-refractivity contribution < 1.29 is 9.47 Å². The lowest BCUT2D eigenvalue weighted by molar-refractivity contribution is 0.395. The third kappa shape index (κ3) is 3.80. The van der Waals surface area contributed by atoms with Gasteiger partial charge in [-0.2, -0.15) is 0 Å². The summed E-state index contributed by atoms with van der Waals surface area (Å²) in [5.74, 6) is 1.45. The smallest absolute Gasteiger partial charge is 0.187 e. The molecule has 1 aromatic heterocycles. The van der Waals surface area contributed by atoms with Gasteiger partial charge in [0, 0.05) is 21.6 Å². The van der Waals surface area contributed by atoms with Crippen LogP contribution in [0.2, 0.25) is 0 Å². The van der Waals surface area contributed by atoms with Gasteiger partial charge in [0.05, 0.1) is 25.5 Å². The van der Waals surface area contributed by atoms with Crippen molar-refractivity contribution in [2.45, 2.75) is 13.8 Å². The zero-order chi connectivity index (χ0) is 18.0. The molecule has 0 aliphatic carbocycles. The van der Waals surface area contributed by atoms with E-state index >= 15 is 0 Å². The van der Waals surface area contributed by atoms with Crippen molar-refractivity contribution in [1.82, 2.24) is 4.98 Å². The molecule has 6 heteroatoms. The maximum absolute atomic E-state index is 5.52. The topological polar surface area (TPSA) is 43.4 Å². The number of anilines is 2. The fourth-order valence-corrected chi connectivity index (χ4v) is 3.85. The first-order valence-electron chi connectivity index (χ1n) is 7.73. The van der Waals surface area contributed by atoms with Crippen LogP contribution in [0.3, 0.4) is 0 Å². The zero-order valence-corrected chi connectivity index (χ0v) is 16.9. The Labute approximate surface area is 160 Å². The highest BCUT2D eigenvalue weighted by atomic mass is 79.9. The lowest BCUT2D eigenvalue weighted by Gasteiger charge is -2.11.